The highest BCUT2D eigenvalue weighted by Crippen LogP contribution is 2.55. The van der Waals surface area contributed by atoms with Crippen LogP contribution in [0.4, 0.5) is 0 Å². The minimum atomic E-state index is -3.40. The molecule has 5 unspecified atom stereocenters. The van der Waals surface area contributed by atoms with Crippen molar-refractivity contribution >= 4 is 16.1 Å². The summed E-state index contributed by atoms with van der Waals surface area (Å²) in [6.45, 7) is 6.28. The molecule has 0 aromatic carbocycles. The molecule has 0 amide bonds. The second kappa shape index (κ2) is 6.01. The fraction of sp³-hybridized carbons (Fsp3) is 0.938. The smallest absolute Gasteiger partial charge is 0.311 e. The molecular formula is C16H26O6S. The van der Waals surface area contributed by atoms with Crippen molar-refractivity contribution in [2.45, 2.75) is 63.9 Å². The Morgan fingerprint density at radius 2 is 2.00 bits per heavy atom. The van der Waals surface area contributed by atoms with Gasteiger partial charge in [0.1, 0.15) is 12.7 Å². The van der Waals surface area contributed by atoms with E-state index in [4.69, 9.17) is 13.7 Å². The van der Waals surface area contributed by atoms with Crippen molar-refractivity contribution in [3.05, 3.63) is 0 Å². The van der Waals surface area contributed by atoms with E-state index in [9.17, 15) is 13.2 Å². The molecule has 1 saturated heterocycles. The van der Waals surface area contributed by atoms with E-state index in [-0.39, 0.29) is 48.5 Å². The summed E-state index contributed by atoms with van der Waals surface area (Å²) in [5.74, 6) is 0.121. The number of hydrogen-bond acceptors (Lipinski definition) is 6. The quantitative estimate of drug-likeness (QED) is 0.398. The third kappa shape index (κ3) is 3.03. The van der Waals surface area contributed by atoms with Crippen LogP contribution in [0, 0.1) is 17.3 Å². The molecule has 3 rings (SSSR count). The first-order chi connectivity index (χ1) is 10.8. The van der Waals surface area contributed by atoms with Crippen LogP contribution in [0.3, 0.4) is 0 Å². The molecule has 0 spiro atoms. The predicted octanol–water partition coefficient (Wildman–Crippen LogP) is 1.88. The molecule has 1 heterocycles. The molecule has 6 nitrogen and oxygen atoms in total. The number of ether oxygens (including phenoxy) is 2. The fourth-order valence-electron chi connectivity index (χ4n) is 4.35. The van der Waals surface area contributed by atoms with E-state index in [1.54, 1.807) is 0 Å². The van der Waals surface area contributed by atoms with Crippen molar-refractivity contribution < 1.29 is 26.9 Å². The Morgan fingerprint density at radius 3 is 2.70 bits per heavy atom. The van der Waals surface area contributed by atoms with Gasteiger partial charge in [-0.1, -0.05) is 13.3 Å². The SMILES string of the molecule is CCCC(C)(C)C(=O)OCCOC1C2CC3C1OS(=O)(=O)C3C2. The van der Waals surface area contributed by atoms with Crippen molar-refractivity contribution in [1.82, 2.24) is 0 Å². The molecule has 0 N–H and O–H groups in total. The minimum absolute atomic E-state index is 0.0843. The molecule has 23 heavy (non-hydrogen) atoms. The van der Waals surface area contributed by atoms with Gasteiger partial charge in [0.2, 0.25) is 0 Å². The Hall–Kier alpha value is -0.660. The Morgan fingerprint density at radius 1 is 1.26 bits per heavy atom. The summed E-state index contributed by atoms with van der Waals surface area (Å²) in [7, 11) is -3.40. The summed E-state index contributed by atoms with van der Waals surface area (Å²) >= 11 is 0. The maximum Gasteiger partial charge on any atom is 0.311 e. The van der Waals surface area contributed by atoms with E-state index >= 15 is 0 Å². The van der Waals surface area contributed by atoms with Gasteiger partial charge in [0.15, 0.2) is 0 Å². The maximum atomic E-state index is 12.0. The molecular weight excluding hydrogens is 320 g/mol. The zero-order chi connectivity index (χ0) is 16.8. The molecule has 0 aromatic rings. The van der Waals surface area contributed by atoms with Crippen LogP contribution < -0.4 is 0 Å². The standard InChI is InChI=1S/C16H26O6S/c1-4-5-16(2,3)15(17)21-7-6-20-13-10-8-11-12(9-10)23(18,19)22-14(11)13/h10-14H,4-9H2,1-3H3. The summed E-state index contributed by atoms with van der Waals surface area (Å²) in [6, 6.07) is 0. The van der Waals surface area contributed by atoms with Gasteiger partial charge in [-0.25, -0.2) is 0 Å². The maximum absolute atomic E-state index is 12.0. The zero-order valence-corrected chi connectivity index (χ0v) is 14.8. The van der Waals surface area contributed by atoms with Crippen molar-refractivity contribution in [2.75, 3.05) is 13.2 Å². The van der Waals surface area contributed by atoms with E-state index < -0.39 is 15.5 Å². The first-order valence-electron chi connectivity index (χ1n) is 8.47. The molecule has 0 radical (unpaired) electrons. The lowest BCUT2D eigenvalue weighted by molar-refractivity contribution is -0.157. The van der Waals surface area contributed by atoms with Crippen LogP contribution in [0.25, 0.3) is 0 Å². The molecule has 5 atom stereocenters. The van der Waals surface area contributed by atoms with E-state index in [1.807, 2.05) is 20.8 Å². The molecule has 2 aliphatic carbocycles. The summed E-state index contributed by atoms with van der Waals surface area (Å²) in [6.07, 6.45) is 2.69. The minimum Gasteiger partial charge on any atom is -0.463 e. The van der Waals surface area contributed by atoms with E-state index in [1.165, 1.54) is 0 Å². The van der Waals surface area contributed by atoms with Crippen LogP contribution in [0.2, 0.25) is 0 Å². The number of carbonyl (C=O) groups is 1. The fourth-order valence-corrected chi connectivity index (χ4v) is 6.23. The Bertz CT molecular complexity index is 569. The van der Waals surface area contributed by atoms with Crippen molar-refractivity contribution in [2.24, 2.45) is 17.3 Å². The van der Waals surface area contributed by atoms with Crippen molar-refractivity contribution in [1.29, 1.82) is 0 Å². The molecule has 2 bridgehead atoms. The van der Waals surface area contributed by atoms with Crippen molar-refractivity contribution in [3.8, 4) is 0 Å². The summed E-state index contributed by atoms with van der Waals surface area (Å²) < 4.78 is 40.1. The Balaban J connectivity index is 1.45. The lowest BCUT2D eigenvalue weighted by atomic mass is 9.88. The number of fused-ring (bicyclic) bond motifs is 1. The zero-order valence-electron chi connectivity index (χ0n) is 14.0. The predicted molar refractivity (Wildman–Crippen MR) is 83.2 cm³/mol. The third-order valence-corrected chi connectivity index (χ3v) is 7.24. The van der Waals surface area contributed by atoms with Gasteiger partial charge in [0.25, 0.3) is 10.1 Å². The molecule has 2 saturated carbocycles. The molecule has 3 aliphatic rings. The van der Waals surface area contributed by atoms with Gasteiger partial charge < -0.3 is 9.47 Å². The average Bonchev–Trinajstić information content (AvgIpc) is 3.06. The number of hydrogen-bond donors (Lipinski definition) is 0. The molecule has 3 fully saturated rings. The second-order valence-electron chi connectivity index (χ2n) is 7.59. The summed E-state index contributed by atoms with van der Waals surface area (Å²) in [5.41, 5.74) is -0.475. The summed E-state index contributed by atoms with van der Waals surface area (Å²) in [5, 5.41) is -0.329. The van der Waals surface area contributed by atoms with Crippen LogP contribution >= 0.6 is 0 Å². The van der Waals surface area contributed by atoms with Crippen LogP contribution in [0.15, 0.2) is 0 Å². The van der Waals surface area contributed by atoms with Gasteiger partial charge in [-0.2, -0.15) is 8.42 Å². The van der Waals surface area contributed by atoms with Crippen molar-refractivity contribution in [3.63, 3.8) is 0 Å². The lowest BCUT2D eigenvalue weighted by Crippen LogP contribution is -2.36. The first kappa shape index (κ1) is 17.2. The average molecular weight is 346 g/mol. The van der Waals surface area contributed by atoms with Gasteiger partial charge in [-0.3, -0.25) is 8.98 Å². The Labute approximate surface area is 138 Å². The normalized spacial score (nSPS) is 37.3. The van der Waals surface area contributed by atoms with Gasteiger partial charge >= 0.3 is 5.97 Å². The number of rotatable bonds is 7. The second-order valence-corrected chi connectivity index (χ2v) is 9.38. The van der Waals surface area contributed by atoms with E-state index in [0.717, 1.165) is 19.3 Å². The van der Waals surface area contributed by atoms with Crippen LogP contribution in [0.5, 0.6) is 0 Å². The van der Waals surface area contributed by atoms with E-state index in [2.05, 4.69) is 0 Å². The van der Waals surface area contributed by atoms with Crippen LogP contribution in [-0.2, 0) is 28.6 Å². The molecule has 0 aromatic heterocycles. The highest BCUT2D eigenvalue weighted by molar-refractivity contribution is 7.87. The topological polar surface area (TPSA) is 78.9 Å². The largest absolute Gasteiger partial charge is 0.463 e. The Kier molecular flexibility index (Phi) is 4.48. The molecule has 1 aliphatic heterocycles. The molecule has 7 heteroatoms. The highest BCUT2D eigenvalue weighted by Gasteiger charge is 2.64. The molecule has 132 valence electrons. The van der Waals surface area contributed by atoms with Gasteiger partial charge in [0, 0.05) is 5.92 Å². The monoisotopic (exact) mass is 346 g/mol. The summed E-state index contributed by atoms with van der Waals surface area (Å²) in [4.78, 5) is 12.0. The first-order valence-corrected chi connectivity index (χ1v) is 9.94. The lowest BCUT2D eigenvalue weighted by Gasteiger charge is -2.26. The van der Waals surface area contributed by atoms with Crippen LogP contribution in [0.1, 0.15) is 46.5 Å². The van der Waals surface area contributed by atoms with Crippen LogP contribution in [-0.4, -0.2) is 45.1 Å². The van der Waals surface area contributed by atoms with Gasteiger partial charge in [-0.15, -0.1) is 0 Å². The van der Waals surface area contributed by atoms with E-state index in [0.29, 0.717) is 6.42 Å². The number of carbonyl (C=O) groups excluding carboxylic acids is 1. The van der Waals surface area contributed by atoms with Gasteiger partial charge in [0.05, 0.1) is 23.4 Å². The van der Waals surface area contributed by atoms with Gasteiger partial charge in [-0.05, 0) is 39.0 Å². The highest BCUT2D eigenvalue weighted by atomic mass is 32.2. The number of esters is 1. The third-order valence-electron chi connectivity index (χ3n) is 5.47.